The molecule has 2 heterocycles. The van der Waals surface area contributed by atoms with E-state index in [1.54, 1.807) is 37.5 Å². The lowest BCUT2D eigenvalue weighted by atomic mass is 9.78. The number of ether oxygens (including phenoxy) is 4. The first-order valence-corrected chi connectivity index (χ1v) is 19.0. The Morgan fingerprint density at radius 3 is 1.26 bits per heavy atom. The number of esters is 3. The van der Waals surface area contributed by atoms with E-state index in [2.05, 4.69) is 13.2 Å². The first-order valence-electron chi connectivity index (χ1n) is 19.0. The number of carbonyl (C=O) groups is 5. The molecule has 0 aliphatic carbocycles. The van der Waals surface area contributed by atoms with Crippen LogP contribution >= 0.6 is 0 Å². The highest BCUT2D eigenvalue weighted by atomic mass is 16.8. The van der Waals surface area contributed by atoms with Crippen molar-refractivity contribution in [2.75, 3.05) is 0 Å². The summed E-state index contributed by atoms with van der Waals surface area (Å²) in [5, 5.41) is 21.0. The van der Waals surface area contributed by atoms with Crippen molar-refractivity contribution in [3.8, 4) is 17.2 Å². The van der Waals surface area contributed by atoms with E-state index in [1.807, 2.05) is 55.4 Å². The van der Waals surface area contributed by atoms with Crippen molar-refractivity contribution in [2.45, 2.75) is 149 Å². The molecule has 2 aliphatic heterocycles. The number of phenols is 2. The van der Waals surface area contributed by atoms with Crippen LogP contribution in [0.4, 0.5) is 0 Å². The molecule has 0 atom stereocenters. The zero-order chi connectivity index (χ0) is 43.2. The topological polar surface area (TPSA) is 169 Å². The van der Waals surface area contributed by atoms with Crippen molar-refractivity contribution in [3.63, 3.8) is 0 Å². The Hall–Kier alpha value is -5.33. The third-order valence-electron chi connectivity index (χ3n) is 10.9. The van der Waals surface area contributed by atoms with Crippen molar-refractivity contribution in [2.24, 2.45) is 0 Å². The number of hydrogen-bond donors (Lipinski definition) is 2. The van der Waals surface area contributed by atoms with Gasteiger partial charge in [0, 0.05) is 47.8 Å². The summed E-state index contributed by atoms with van der Waals surface area (Å²) in [6.45, 7) is 28.2. The number of nitrogens with zero attached hydrogens (tertiary/aromatic N) is 2. The zero-order valence-corrected chi connectivity index (χ0v) is 35.3. The van der Waals surface area contributed by atoms with E-state index < -0.39 is 58.1 Å². The van der Waals surface area contributed by atoms with Gasteiger partial charge >= 0.3 is 23.7 Å². The lowest BCUT2D eigenvalue weighted by molar-refractivity contribution is -0.228. The molecule has 13 heteroatoms. The minimum Gasteiger partial charge on any atom is -0.507 e. The summed E-state index contributed by atoms with van der Waals surface area (Å²) in [6, 6.07) is 5.43. The van der Waals surface area contributed by atoms with Gasteiger partial charge in [-0.1, -0.05) is 13.2 Å². The number of aromatic hydroxyl groups is 2. The molecule has 0 radical (unpaired) electrons. The Balaban J connectivity index is 1.89. The predicted octanol–water partition coefficient (Wildman–Crippen LogP) is 6.82. The molecule has 2 fully saturated rings. The van der Waals surface area contributed by atoms with Crippen molar-refractivity contribution < 1.29 is 53.1 Å². The van der Waals surface area contributed by atoms with Crippen LogP contribution in [0, 0.1) is 27.7 Å². The lowest BCUT2D eigenvalue weighted by Crippen LogP contribution is -2.66. The largest absolute Gasteiger partial charge is 0.507 e. The number of amides is 2. The summed E-state index contributed by atoms with van der Waals surface area (Å²) in [7, 11) is 0. The van der Waals surface area contributed by atoms with Crippen LogP contribution in [0.2, 0.25) is 0 Å². The molecule has 4 rings (SSSR count). The molecule has 0 spiro atoms. The maximum atomic E-state index is 15.0. The summed E-state index contributed by atoms with van der Waals surface area (Å²) >= 11 is 0. The Bertz CT molecular complexity index is 1840. The van der Waals surface area contributed by atoms with Gasteiger partial charge in [-0.15, -0.1) is 0 Å². The van der Waals surface area contributed by atoms with Crippen molar-refractivity contribution in [3.05, 3.63) is 77.4 Å². The second-order valence-electron chi connectivity index (χ2n) is 17.8. The highest BCUT2D eigenvalue weighted by molar-refractivity contribution is 6.06. The number of likely N-dealkylation sites (tertiary alicyclic amines) is 2. The maximum absolute atomic E-state index is 15.0. The van der Waals surface area contributed by atoms with Crippen LogP contribution in [0.1, 0.15) is 114 Å². The molecule has 2 aromatic rings. The molecule has 310 valence electrons. The molecule has 2 N–H and O–H groups in total. The number of benzene rings is 2. The minimum absolute atomic E-state index is 0.0547. The molecule has 2 saturated heterocycles. The van der Waals surface area contributed by atoms with Crippen molar-refractivity contribution in [1.82, 2.24) is 9.80 Å². The Morgan fingerprint density at radius 2 is 0.947 bits per heavy atom. The number of hydrogen-bond acceptors (Lipinski definition) is 11. The van der Waals surface area contributed by atoms with E-state index >= 15 is 0 Å². The Labute approximate surface area is 335 Å². The normalized spacial score (nSPS) is 18.9. The molecule has 0 bridgehead atoms. The first-order chi connectivity index (χ1) is 26.1. The fourth-order valence-corrected chi connectivity index (χ4v) is 9.05. The second-order valence-corrected chi connectivity index (χ2v) is 17.8. The van der Waals surface area contributed by atoms with Gasteiger partial charge in [0.1, 0.15) is 29.5 Å². The van der Waals surface area contributed by atoms with Gasteiger partial charge in [-0.05, 0) is 142 Å². The highest BCUT2D eigenvalue weighted by Crippen LogP contribution is 2.43. The maximum Gasteiger partial charge on any atom is 0.455 e. The fourth-order valence-electron chi connectivity index (χ4n) is 9.05. The van der Waals surface area contributed by atoms with Crippen LogP contribution in [0.25, 0.3) is 0 Å². The summed E-state index contributed by atoms with van der Waals surface area (Å²) in [5.74, 6) is -8.03. The Morgan fingerprint density at radius 1 is 0.632 bits per heavy atom. The summed E-state index contributed by atoms with van der Waals surface area (Å²) in [4.78, 5) is 73.6. The lowest BCUT2D eigenvalue weighted by Gasteiger charge is -2.54. The van der Waals surface area contributed by atoms with Gasteiger partial charge in [0.2, 0.25) is 11.8 Å². The van der Waals surface area contributed by atoms with Gasteiger partial charge in [0.25, 0.3) is 0 Å². The first kappa shape index (κ1) is 44.4. The molecule has 2 aromatic carbocycles. The summed E-state index contributed by atoms with van der Waals surface area (Å²) in [6.07, 6.45) is 1.13. The van der Waals surface area contributed by atoms with Gasteiger partial charge in [-0.25, -0.2) is 14.4 Å². The van der Waals surface area contributed by atoms with Gasteiger partial charge in [0.15, 0.2) is 0 Å². The smallest absolute Gasteiger partial charge is 0.455 e. The van der Waals surface area contributed by atoms with Crippen LogP contribution in [0.5, 0.6) is 17.2 Å². The van der Waals surface area contributed by atoms with Gasteiger partial charge < -0.3 is 39.0 Å². The molecule has 0 unspecified atom stereocenters. The average Bonchev–Trinajstić information content (AvgIpc) is 3.06. The van der Waals surface area contributed by atoms with Gasteiger partial charge in [0.05, 0.1) is 5.56 Å². The highest BCUT2D eigenvalue weighted by Gasteiger charge is 2.61. The predicted molar refractivity (Wildman–Crippen MR) is 213 cm³/mol. The van der Waals surface area contributed by atoms with E-state index in [4.69, 9.17) is 18.9 Å². The van der Waals surface area contributed by atoms with Crippen LogP contribution in [-0.2, 0) is 33.4 Å². The van der Waals surface area contributed by atoms with Crippen LogP contribution in [-0.4, -0.2) is 89.9 Å². The number of carbonyl (C=O) groups excluding carboxylic acids is 5. The fraction of sp³-hybridized carbons (Fsp3) is 0.523. The monoisotopic (exact) mass is 790 g/mol. The van der Waals surface area contributed by atoms with E-state index in [-0.39, 0.29) is 60.3 Å². The number of rotatable bonds is 10. The second kappa shape index (κ2) is 15.5. The molecule has 57 heavy (non-hydrogen) atoms. The number of piperidine rings is 2. The average molecular weight is 791 g/mol. The van der Waals surface area contributed by atoms with E-state index in [1.165, 1.54) is 36.4 Å². The molecule has 0 saturated carbocycles. The molecular formula is C44H58N2O11. The van der Waals surface area contributed by atoms with Crippen molar-refractivity contribution in [1.29, 1.82) is 0 Å². The third kappa shape index (κ3) is 8.82. The van der Waals surface area contributed by atoms with E-state index in [0.717, 1.165) is 0 Å². The third-order valence-corrected chi connectivity index (χ3v) is 10.9. The van der Waals surface area contributed by atoms with Crippen LogP contribution < -0.4 is 4.74 Å². The summed E-state index contributed by atoms with van der Waals surface area (Å²) in [5.41, 5.74) is -2.22. The SMILES string of the molecule is C=CC(=O)N1C(C)(C)CC(OC(=O)C(OC(=O)c2cc(C)c(O)c(C)c2)(Oc2cc(C)c(O)c(C)c2)C(=O)OC2CC(C)(C)N(C(=O)C=C)C(C)(C)C2)CC1(C)C. The molecule has 0 aromatic heterocycles. The molecule has 2 aliphatic rings. The molecule has 13 nitrogen and oxygen atoms in total. The van der Waals surface area contributed by atoms with Crippen molar-refractivity contribution >= 4 is 29.7 Å². The quantitative estimate of drug-likeness (QED) is 0.0852. The minimum atomic E-state index is -3.22. The summed E-state index contributed by atoms with van der Waals surface area (Å²) < 4.78 is 24.5. The van der Waals surface area contributed by atoms with Gasteiger partial charge in [-0.3, -0.25) is 9.59 Å². The zero-order valence-electron chi connectivity index (χ0n) is 35.3. The van der Waals surface area contributed by atoms with Crippen LogP contribution in [0.15, 0.2) is 49.6 Å². The molecular weight excluding hydrogens is 732 g/mol. The van der Waals surface area contributed by atoms with Gasteiger partial charge in [-0.2, -0.15) is 0 Å². The number of phenolic OH excluding ortho intramolecular Hbond substituents is 2. The van der Waals surface area contributed by atoms with Crippen LogP contribution in [0.3, 0.4) is 0 Å². The van der Waals surface area contributed by atoms with E-state index in [0.29, 0.717) is 22.3 Å². The molecule has 2 amide bonds. The standard InChI is InChI=1S/C44H58N2O11/c1-15-33(47)45-40(7,8)21-31(22-41(45,9)10)54-38(52)44(56-30-19-27(5)36(50)28(6)20-30,57-37(51)29-17-25(3)35(49)26(4)18-29)39(53)55-32-23-42(11,12)46(34(48)16-2)43(13,14)24-32/h15-20,31-32,49-50H,1-2,21-24H2,3-14H3. The Kier molecular flexibility index (Phi) is 12.1. The number of aryl methyl sites for hydroxylation is 4. The van der Waals surface area contributed by atoms with E-state index in [9.17, 15) is 34.2 Å².